The number of aromatic nitrogens is 4. The van der Waals surface area contributed by atoms with Crippen LogP contribution < -0.4 is 10.6 Å². The van der Waals surface area contributed by atoms with Crippen molar-refractivity contribution in [1.29, 1.82) is 0 Å². The van der Waals surface area contributed by atoms with Crippen LogP contribution in [-0.2, 0) is 18.3 Å². The second-order valence-corrected chi connectivity index (χ2v) is 10.7. The van der Waals surface area contributed by atoms with Crippen LogP contribution in [0.5, 0.6) is 0 Å². The minimum atomic E-state index is 0.0465. The lowest BCUT2D eigenvalue weighted by Crippen LogP contribution is -2.48. The number of aryl methyl sites for hydroxylation is 1. The first kappa shape index (κ1) is 24.3. The number of hydrogen-bond acceptors (Lipinski definition) is 6. The van der Waals surface area contributed by atoms with Gasteiger partial charge in [-0.1, -0.05) is 18.2 Å². The maximum Gasteiger partial charge on any atom is 0.245 e. The molecule has 2 saturated carbocycles. The summed E-state index contributed by atoms with van der Waals surface area (Å²) in [5, 5.41) is 12.4. The number of amides is 1. The minimum absolute atomic E-state index is 0.0465. The second-order valence-electron chi connectivity index (χ2n) is 10.3. The molecule has 3 heterocycles. The fourth-order valence-corrected chi connectivity index (χ4v) is 5.63. The fourth-order valence-electron chi connectivity index (χ4n) is 5.44. The van der Waals surface area contributed by atoms with Crippen LogP contribution >= 0.6 is 11.6 Å². The van der Waals surface area contributed by atoms with Crippen molar-refractivity contribution in [3.05, 3.63) is 35.8 Å². The number of piperidine rings is 1. The smallest absolute Gasteiger partial charge is 0.245 e. The van der Waals surface area contributed by atoms with Crippen molar-refractivity contribution in [2.75, 3.05) is 18.4 Å². The molecule has 5 rings (SSSR count). The molecule has 35 heavy (non-hydrogen) atoms. The summed E-state index contributed by atoms with van der Waals surface area (Å²) in [6.07, 6.45) is 15.0. The molecular weight excluding hydrogens is 462 g/mol. The maximum absolute atomic E-state index is 11.8. The van der Waals surface area contributed by atoms with Crippen LogP contribution in [0, 0.1) is 5.92 Å². The van der Waals surface area contributed by atoms with E-state index in [4.69, 9.17) is 16.6 Å². The van der Waals surface area contributed by atoms with Crippen molar-refractivity contribution >= 4 is 23.5 Å². The van der Waals surface area contributed by atoms with Gasteiger partial charge in [-0.3, -0.25) is 9.48 Å². The Balaban J connectivity index is 1.14. The fraction of sp³-hybridized carbons (Fsp3) is 0.615. The lowest BCUT2D eigenvalue weighted by atomic mass is 9.90. The average molecular weight is 498 g/mol. The molecule has 0 bridgehead atoms. The first-order valence-corrected chi connectivity index (χ1v) is 13.4. The van der Waals surface area contributed by atoms with E-state index in [0.29, 0.717) is 29.1 Å². The van der Waals surface area contributed by atoms with Gasteiger partial charge in [0.05, 0.1) is 23.1 Å². The highest BCUT2D eigenvalue weighted by molar-refractivity contribution is 6.32. The largest absolute Gasteiger partial charge is 0.351 e. The van der Waals surface area contributed by atoms with Crippen LogP contribution in [0.1, 0.15) is 57.1 Å². The topological polar surface area (TPSA) is 88.0 Å². The van der Waals surface area contributed by atoms with Gasteiger partial charge >= 0.3 is 0 Å². The Morgan fingerprint density at radius 1 is 1.09 bits per heavy atom. The summed E-state index contributed by atoms with van der Waals surface area (Å²) in [6, 6.07) is 1.38. The van der Waals surface area contributed by atoms with Gasteiger partial charge in [0.1, 0.15) is 0 Å². The summed E-state index contributed by atoms with van der Waals surface area (Å²) < 4.78 is 1.95. The summed E-state index contributed by atoms with van der Waals surface area (Å²) in [6.45, 7) is 5.22. The number of anilines is 1. The first-order chi connectivity index (χ1) is 17.0. The maximum atomic E-state index is 11.8. The summed E-state index contributed by atoms with van der Waals surface area (Å²) in [4.78, 5) is 23.0. The Morgan fingerprint density at radius 3 is 2.46 bits per heavy atom. The molecule has 2 aromatic heterocycles. The highest BCUT2D eigenvalue weighted by Gasteiger charge is 2.28. The molecule has 1 saturated heterocycles. The number of carbonyl (C=O) groups excluding carboxylic acids is 1. The third kappa shape index (κ3) is 5.86. The van der Waals surface area contributed by atoms with Gasteiger partial charge in [-0.15, -0.1) is 0 Å². The van der Waals surface area contributed by atoms with Crippen LogP contribution in [0.4, 0.5) is 5.95 Å². The second kappa shape index (κ2) is 10.7. The molecule has 3 fully saturated rings. The van der Waals surface area contributed by atoms with Gasteiger partial charge in [-0.05, 0) is 69.8 Å². The number of nitrogens with one attached hydrogen (secondary N) is 2. The lowest BCUT2D eigenvalue weighted by Gasteiger charge is -2.36. The van der Waals surface area contributed by atoms with Gasteiger partial charge < -0.3 is 15.5 Å². The molecule has 0 radical (unpaired) electrons. The molecule has 0 aromatic carbocycles. The SMILES string of the molecule is C=CC(=O)N1CCC(NC2CCC(Nc3ncc(Cl)c(-c4cnn(C)c4CC4CC4)n3)CC2)CC1. The third-order valence-corrected chi connectivity index (χ3v) is 8.03. The Kier molecular flexibility index (Phi) is 7.39. The highest BCUT2D eigenvalue weighted by Crippen LogP contribution is 2.37. The molecule has 1 amide bonds. The quantitative estimate of drug-likeness (QED) is 0.536. The van der Waals surface area contributed by atoms with E-state index in [1.165, 1.54) is 24.6 Å². The molecule has 0 atom stereocenters. The van der Waals surface area contributed by atoms with Crippen molar-refractivity contribution < 1.29 is 4.79 Å². The molecule has 3 aliphatic rings. The van der Waals surface area contributed by atoms with Crippen LogP contribution in [0.15, 0.2) is 25.0 Å². The van der Waals surface area contributed by atoms with Crippen molar-refractivity contribution in [1.82, 2.24) is 30.0 Å². The number of halogens is 1. The zero-order chi connectivity index (χ0) is 24.4. The Morgan fingerprint density at radius 2 is 1.77 bits per heavy atom. The van der Waals surface area contributed by atoms with Crippen molar-refractivity contribution in [2.24, 2.45) is 13.0 Å². The van der Waals surface area contributed by atoms with Crippen LogP contribution in [0.25, 0.3) is 11.3 Å². The standard InChI is InChI=1S/C26H36ClN7O/c1-3-24(35)34-12-10-20(11-13-34)30-18-6-8-19(9-7-18)31-26-28-16-22(27)25(32-26)21-15-29-33(2)23(21)14-17-4-5-17/h3,15-20,30H,1,4-14H2,2H3,(H,28,31,32). The summed E-state index contributed by atoms with van der Waals surface area (Å²) in [5.74, 6) is 1.44. The van der Waals surface area contributed by atoms with E-state index in [0.717, 1.165) is 75.2 Å². The van der Waals surface area contributed by atoms with E-state index in [1.807, 2.05) is 22.8 Å². The number of rotatable bonds is 8. The number of nitrogens with zero attached hydrogens (tertiary/aromatic N) is 5. The van der Waals surface area contributed by atoms with Crippen molar-refractivity contribution in [3.8, 4) is 11.3 Å². The molecular formula is C26H36ClN7O. The van der Waals surface area contributed by atoms with Gasteiger partial charge in [0.15, 0.2) is 0 Å². The number of hydrogen-bond donors (Lipinski definition) is 2. The molecule has 2 aliphatic carbocycles. The van der Waals surface area contributed by atoms with Gasteiger partial charge in [0.2, 0.25) is 11.9 Å². The normalized spacial score (nSPS) is 23.3. The molecule has 8 nitrogen and oxygen atoms in total. The highest BCUT2D eigenvalue weighted by atomic mass is 35.5. The Bertz CT molecular complexity index is 1050. The third-order valence-electron chi connectivity index (χ3n) is 7.75. The zero-order valence-corrected chi connectivity index (χ0v) is 21.3. The van der Waals surface area contributed by atoms with E-state index in [-0.39, 0.29) is 5.91 Å². The van der Waals surface area contributed by atoms with E-state index in [1.54, 1.807) is 6.20 Å². The van der Waals surface area contributed by atoms with Crippen LogP contribution in [-0.4, -0.2) is 61.8 Å². The minimum Gasteiger partial charge on any atom is -0.351 e. The van der Waals surface area contributed by atoms with Gasteiger partial charge in [-0.2, -0.15) is 5.10 Å². The zero-order valence-electron chi connectivity index (χ0n) is 20.5. The van der Waals surface area contributed by atoms with Gasteiger partial charge in [0, 0.05) is 49.5 Å². The number of likely N-dealkylation sites (tertiary alicyclic amines) is 1. The Hall–Kier alpha value is -2.45. The summed E-state index contributed by atoms with van der Waals surface area (Å²) in [5.41, 5.74) is 2.98. The molecule has 188 valence electrons. The molecule has 1 aliphatic heterocycles. The van der Waals surface area contributed by atoms with Gasteiger partial charge in [-0.25, -0.2) is 9.97 Å². The van der Waals surface area contributed by atoms with Crippen LogP contribution in [0.3, 0.4) is 0 Å². The average Bonchev–Trinajstić information content (AvgIpc) is 3.63. The van der Waals surface area contributed by atoms with Crippen LogP contribution in [0.2, 0.25) is 5.02 Å². The van der Waals surface area contributed by atoms with E-state index >= 15 is 0 Å². The molecule has 2 aromatic rings. The molecule has 9 heteroatoms. The summed E-state index contributed by atoms with van der Waals surface area (Å²) in [7, 11) is 1.99. The Labute approximate surface area is 212 Å². The lowest BCUT2D eigenvalue weighted by molar-refractivity contribution is -0.127. The molecule has 2 N–H and O–H groups in total. The van der Waals surface area contributed by atoms with E-state index in [2.05, 4.69) is 27.3 Å². The van der Waals surface area contributed by atoms with E-state index < -0.39 is 0 Å². The predicted molar refractivity (Wildman–Crippen MR) is 138 cm³/mol. The van der Waals surface area contributed by atoms with E-state index in [9.17, 15) is 4.79 Å². The number of carbonyl (C=O) groups is 1. The first-order valence-electron chi connectivity index (χ1n) is 13.0. The van der Waals surface area contributed by atoms with Gasteiger partial charge in [0.25, 0.3) is 0 Å². The summed E-state index contributed by atoms with van der Waals surface area (Å²) >= 11 is 6.53. The molecule has 0 spiro atoms. The molecule has 0 unspecified atom stereocenters. The predicted octanol–water partition coefficient (Wildman–Crippen LogP) is 3.97. The van der Waals surface area contributed by atoms with Crippen molar-refractivity contribution in [2.45, 2.75) is 75.9 Å². The monoisotopic (exact) mass is 497 g/mol. The van der Waals surface area contributed by atoms with Crippen molar-refractivity contribution in [3.63, 3.8) is 0 Å².